The summed E-state index contributed by atoms with van der Waals surface area (Å²) in [5.41, 5.74) is 2.55. The first-order valence-electron chi connectivity index (χ1n) is 9.17. The molecule has 0 aliphatic carbocycles. The number of para-hydroxylation sites is 1. The number of rotatable bonds is 4. The lowest BCUT2D eigenvalue weighted by atomic mass is 10.0. The number of carbonyl (C=O) groups excluding carboxylic acids is 2. The average molecular weight is 377 g/mol. The van der Waals surface area contributed by atoms with Crippen molar-refractivity contribution in [3.8, 4) is 0 Å². The molecule has 2 aromatic rings. The fraction of sp³-hybridized carbons (Fsp3) is 0.238. The molecule has 2 heterocycles. The van der Waals surface area contributed by atoms with Gasteiger partial charge in [0.1, 0.15) is 5.70 Å². The van der Waals surface area contributed by atoms with Crippen molar-refractivity contribution in [3.63, 3.8) is 0 Å². The third kappa shape index (κ3) is 2.85. The van der Waals surface area contributed by atoms with Crippen LogP contribution in [0.15, 0.2) is 54.2 Å². The van der Waals surface area contributed by atoms with Crippen LogP contribution in [0.2, 0.25) is 0 Å². The molecule has 2 aliphatic heterocycles. The minimum Gasteiger partial charge on any atom is -0.366 e. The van der Waals surface area contributed by atoms with Crippen LogP contribution >= 0.6 is 0 Å². The maximum Gasteiger partial charge on any atom is 0.282 e. The molecular weight excluding hydrogens is 358 g/mol. The first-order chi connectivity index (χ1) is 13.5. The minimum absolute atomic E-state index is 0.0559. The van der Waals surface area contributed by atoms with Gasteiger partial charge in [0.2, 0.25) is 0 Å². The number of imide groups is 1. The van der Waals surface area contributed by atoms with E-state index in [0.29, 0.717) is 35.6 Å². The van der Waals surface area contributed by atoms with Gasteiger partial charge in [-0.25, -0.2) is 4.90 Å². The second-order valence-corrected chi connectivity index (χ2v) is 6.95. The summed E-state index contributed by atoms with van der Waals surface area (Å²) in [5.74, 6) is -0.732. The fourth-order valence-corrected chi connectivity index (χ4v) is 3.80. The molecule has 0 unspecified atom stereocenters. The summed E-state index contributed by atoms with van der Waals surface area (Å²) in [6.07, 6.45) is 1.92. The Labute approximate surface area is 162 Å². The molecule has 7 heteroatoms. The van der Waals surface area contributed by atoms with Crippen LogP contribution in [0.25, 0.3) is 5.57 Å². The van der Waals surface area contributed by atoms with Crippen LogP contribution in [0.4, 0.5) is 11.4 Å². The van der Waals surface area contributed by atoms with E-state index < -0.39 is 10.8 Å². The van der Waals surface area contributed by atoms with E-state index in [4.69, 9.17) is 0 Å². The number of nitrogens with zero attached hydrogens (tertiary/aromatic N) is 3. The van der Waals surface area contributed by atoms with Gasteiger partial charge in [0, 0.05) is 25.2 Å². The number of carbonyl (C=O) groups is 2. The van der Waals surface area contributed by atoms with Gasteiger partial charge < -0.3 is 4.90 Å². The highest BCUT2D eigenvalue weighted by Gasteiger charge is 2.43. The lowest BCUT2D eigenvalue weighted by Gasteiger charge is -2.21. The number of benzene rings is 2. The zero-order valence-electron chi connectivity index (χ0n) is 15.4. The topological polar surface area (TPSA) is 83.8 Å². The summed E-state index contributed by atoms with van der Waals surface area (Å²) < 4.78 is 0. The Balaban J connectivity index is 1.83. The van der Waals surface area contributed by atoms with E-state index in [2.05, 4.69) is 0 Å². The molecule has 2 aliphatic rings. The predicted octanol–water partition coefficient (Wildman–Crippen LogP) is 3.28. The van der Waals surface area contributed by atoms with Crippen molar-refractivity contribution in [2.75, 3.05) is 18.0 Å². The number of likely N-dealkylation sites (tertiary alicyclic amines) is 1. The van der Waals surface area contributed by atoms with Crippen LogP contribution in [0.1, 0.15) is 24.0 Å². The molecule has 0 radical (unpaired) electrons. The van der Waals surface area contributed by atoms with E-state index in [-0.39, 0.29) is 11.6 Å². The van der Waals surface area contributed by atoms with Gasteiger partial charge in [0.05, 0.1) is 16.2 Å². The Bertz CT molecular complexity index is 1000. The molecule has 2 aromatic carbocycles. The Hall–Kier alpha value is -3.48. The first-order valence-corrected chi connectivity index (χ1v) is 9.17. The molecule has 0 spiro atoms. The smallest absolute Gasteiger partial charge is 0.282 e. The number of hydrogen-bond acceptors (Lipinski definition) is 5. The standard InChI is InChI=1S/C21H19N3O4/c1-14-6-2-3-7-17(14)23-20(25)18(15-8-10-16(11-9-15)24(27)28)19(21(23)26)22-12-4-5-13-22/h2-3,6-11H,4-5,12-13H2,1H3. The molecule has 1 saturated heterocycles. The molecule has 7 nitrogen and oxygen atoms in total. The molecule has 1 fully saturated rings. The number of non-ortho nitro benzene ring substituents is 1. The summed E-state index contributed by atoms with van der Waals surface area (Å²) in [5, 5.41) is 11.0. The normalized spacial score (nSPS) is 17.0. The van der Waals surface area contributed by atoms with Crippen molar-refractivity contribution < 1.29 is 14.5 Å². The number of anilines is 1. The molecule has 4 rings (SSSR count). The van der Waals surface area contributed by atoms with E-state index in [9.17, 15) is 19.7 Å². The monoisotopic (exact) mass is 377 g/mol. The third-order valence-electron chi connectivity index (χ3n) is 5.20. The maximum absolute atomic E-state index is 13.3. The largest absolute Gasteiger partial charge is 0.366 e. The highest BCUT2D eigenvalue weighted by molar-refractivity contribution is 6.45. The van der Waals surface area contributed by atoms with Crippen LogP contribution < -0.4 is 4.90 Å². The van der Waals surface area contributed by atoms with Gasteiger partial charge in [-0.05, 0) is 49.1 Å². The summed E-state index contributed by atoms with van der Waals surface area (Å²) in [6.45, 7) is 3.29. The second-order valence-electron chi connectivity index (χ2n) is 6.95. The SMILES string of the molecule is Cc1ccccc1N1C(=O)C(c2ccc([N+](=O)[O-])cc2)=C(N2CCCC2)C1=O. The van der Waals surface area contributed by atoms with E-state index in [1.165, 1.54) is 29.2 Å². The van der Waals surface area contributed by atoms with Crippen LogP contribution in [-0.4, -0.2) is 34.7 Å². The molecule has 28 heavy (non-hydrogen) atoms. The quantitative estimate of drug-likeness (QED) is 0.464. The van der Waals surface area contributed by atoms with Gasteiger partial charge in [0.25, 0.3) is 17.5 Å². The van der Waals surface area contributed by atoms with Gasteiger partial charge in [-0.15, -0.1) is 0 Å². The van der Waals surface area contributed by atoms with Gasteiger partial charge in [-0.2, -0.15) is 0 Å². The lowest BCUT2D eigenvalue weighted by Crippen LogP contribution is -2.34. The van der Waals surface area contributed by atoms with E-state index >= 15 is 0 Å². The summed E-state index contributed by atoms with van der Waals surface area (Å²) in [4.78, 5) is 40.3. The molecule has 0 atom stereocenters. The Morgan fingerprint density at radius 1 is 0.929 bits per heavy atom. The Morgan fingerprint density at radius 3 is 2.18 bits per heavy atom. The molecular formula is C21H19N3O4. The summed E-state index contributed by atoms with van der Waals surface area (Å²) in [6, 6.07) is 13.1. The van der Waals surface area contributed by atoms with Gasteiger partial charge in [-0.1, -0.05) is 18.2 Å². The summed E-state index contributed by atoms with van der Waals surface area (Å²) >= 11 is 0. The maximum atomic E-state index is 13.3. The van der Waals surface area contributed by atoms with E-state index in [0.717, 1.165) is 18.4 Å². The van der Waals surface area contributed by atoms with Crippen LogP contribution in [-0.2, 0) is 9.59 Å². The molecule has 2 amide bonds. The van der Waals surface area contributed by atoms with Crippen molar-refractivity contribution in [1.29, 1.82) is 0 Å². The van der Waals surface area contributed by atoms with Crippen molar-refractivity contribution >= 4 is 28.8 Å². The van der Waals surface area contributed by atoms with Gasteiger partial charge in [-0.3, -0.25) is 19.7 Å². The third-order valence-corrected chi connectivity index (χ3v) is 5.20. The highest BCUT2D eigenvalue weighted by atomic mass is 16.6. The van der Waals surface area contributed by atoms with Crippen LogP contribution in [0.3, 0.4) is 0 Å². The Kier molecular flexibility index (Phi) is 4.43. The zero-order valence-corrected chi connectivity index (χ0v) is 15.4. The van der Waals surface area contributed by atoms with E-state index in [1.54, 1.807) is 12.1 Å². The fourth-order valence-electron chi connectivity index (χ4n) is 3.80. The number of nitro groups is 1. The average Bonchev–Trinajstić information content (AvgIpc) is 3.29. The van der Waals surface area contributed by atoms with Crippen molar-refractivity contribution in [2.24, 2.45) is 0 Å². The zero-order chi connectivity index (χ0) is 19.8. The van der Waals surface area contributed by atoms with Gasteiger partial charge in [0.15, 0.2) is 0 Å². The molecule has 0 aromatic heterocycles. The first kappa shape index (κ1) is 17.9. The number of hydrogen-bond donors (Lipinski definition) is 0. The minimum atomic E-state index is -0.485. The number of nitro benzene ring substituents is 1. The van der Waals surface area contributed by atoms with E-state index in [1.807, 2.05) is 24.0 Å². The number of amides is 2. The number of aryl methyl sites for hydroxylation is 1. The van der Waals surface area contributed by atoms with Crippen molar-refractivity contribution in [3.05, 3.63) is 75.5 Å². The molecule has 0 saturated carbocycles. The molecule has 142 valence electrons. The van der Waals surface area contributed by atoms with Crippen LogP contribution in [0.5, 0.6) is 0 Å². The predicted molar refractivity (Wildman–Crippen MR) is 104 cm³/mol. The summed E-state index contributed by atoms with van der Waals surface area (Å²) in [7, 11) is 0. The molecule has 0 N–H and O–H groups in total. The Morgan fingerprint density at radius 2 is 1.57 bits per heavy atom. The molecule has 0 bridgehead atoms. The second kappa shape index (κ2) is 6.92. The van der Waals surface area contributed by atoms with Gasteiger partial charge >= 0.3 is 0 Å². The highest BCUT2D eigenvalue weighted by Crippen LogP contribution is 2.37. The lowest BCUT2D eigenvalue weighted by molar-refractivity contribution is -0.384. The van der Waals surface area contributed by atoms with Crippen molar-refractivity contribution in [1.82, 2.24) is 4.90 Å². The van der Waals surface area contributed by atoms with Crippen LogP contribution in [0, 0.1) is 17.0 Å². The van der Waals surface area contributed by atoms with Crippen molar-refractivity contribution in [2.45, 2.75) is 19.8 Å².